The van der Waals surface area contributed by atoms with Crippen molar-refractivity contribution < 1.29 is 0 Å². The highest BCUT2D eigenvalue weighted by Gasteiger charge is 2.35. The predicted octanol–water partition coefficient (Wildman–Crippen LogP) is 1.52. The van der Waals surface area contributed by atoms with Crippen LogP contribution in [0.5, 0.6) is 0 Å². The summed E-state index contributed by atoms with van der Waals surface area (Å²) in [4.78, 5) is 2.57. The maximum absolute atomic E-state index is 5.50. The molecular weight excluding hydrogens is 160 g/mol. The number of piperidine rings is 1. The van der Waals surface area contributed by atoms with E-state index in [9.17, 15) is 0 Å². The molecule has 0 spiro atoms. The van der Waals surface area contributed by atoms with E-state index in [2.05, 4.69) is 18.0 Å². The van der Waals surface area contributed by atoms with Gasteiger partial charge in [0.15, 0.2) is 0 Å². The van der Waals surface area contributed by atoms with Gasteiger partial charge in [0, 0.05) is 12.1 Å². The van der Waals surface area contributed by atoms with Crippen LogP contribution in [0, 0.1) is 0 Å². The summed E-state index contributed by atoms with van der Waals surface area (Å²) in [5.74, 6) is 0. The molecule has 0 aliphatic carbocycles. The fraction of sp³-hybridized carbons (Fsp3) is 0.818. The van der Waals surface area contributed by atoms with E-state index in [1.165, 1.54) is 25.7 Å². The zero-order valence-electron chi connectivity index (χ0n) is 8.50. The van der Waals surface area contributed by atoms with E-state index in [0.717, 1.165) is 25.0 Å². The Balaban J connectivity index is 1.98. The largest absolute Gasteiger partial charge is 0.330 e. The first-order valence-electron chi connectivity index (χ1n) is 5.41. The SMILES string of the molecule is CN1C2CCC1CC(=CCCN)C2. The fourth-order valence-electron chi connectivity index (χ4n) is 2.73. The van der Waals surface area contributed by atoms with Crippen molar-refractivity contribution >= 4 is 0 Å². The molecule has 2 aliphatic heterocycles. The average molecular weight is 180 g/mol. The molecule has 13 heavy (non-hydrogen) atoms. The van der Waals surface area contributed by atoms with Crippen LogP contribution in [0.1, 0.15) is 32.1 Å². The highest BCUT2D eigenvalue weighted by Crippen LogP contribution is 2.36. The van der Waals surface area contributed by atoms with E-state index >= 15 is 0 Å². The fourth-order valence-corrected chi connectivity index (χ4v) is 2.73. The van der Waals surface area contributed by atoms with Crippen LogP contribution in [0.2, 0.25) is 0 Å². The smallest absolute Gasteiger partial charge is 0.0133 e. The van der Waals surface area contributed by atoms with E-state index in [1.54, 1.807) is 5.57 Å². The predicted molar refractivity (Wildman–Crippen MR) is 55.6 cm³/mol. The Kier molecular flexibility index (Phi) is 2.70. The normalized spacial score (nSPS) is 33.8. The van der Waals surface area contributed by atoms with Crippen LogP contribution < -0.4 is 5.73 Å². The van der Waals surface area contributed by atoms with Crippen molar-refractivity contribution in [3.63, 3.8) is 0 Å². The monoisotopic (exact) mass is 180 g/mol. The van der Waals surface area contributed by atoms with Gasteiger partial charge in [0.25, 0.3) is 0 Å². The third-order valence-corrected chi connectivity index (χ3v) is 3.58. The minimum absolute atomic E-state index is 0.800. The highest BCUT2D eigenvalue weighted by atomic mass is 15.2. The summed E-state index contributed by atoms with van der Waals surface area (Å²) in [5, 5.41) is 0. The molecule has 0 amide bonds. The van der Waals surface area contributed by atoms with Gasteiger partial charge in [0.1, 0.15) is 0 Å². The van der Waals surface area contributed by atoms with Gasteiger partial charge in [-0.3, -0.25) is 4.90 Å². The van der Waals surface area contributed by atoms with Crippen LogP contribution >= 0.6 is 0 Å². The quantitative estimate of drug-likeness (QED) is 0.653. The molecule has 0 radical (unpaired) electrons. The van der Waals surface area contributed by atoms with Gasteiger partial charge in [-0.25, -0.2) is 0 Å². The van der Waals surface area contributed by atoms with Crippen molar-refractivity contribution in [3.05, 3.63) is 11.6 Å². The zero-order chi connectivity index (χ0) is 9.26. The molecule has 0 aromatic heterocycles. The van der Waals surface area contributed by atoms with Crippen LogP contribution in [-0.2, 0) is 0 Å². The molecule has 2 saturated heterocycles. The third kappa shape index (κ3) is 1.79. The summed E-state index contributed by atoms with van der Waals surface area (Å²) in [7, 11) is 2.28. The maximum atomic E-state index is 5.50. The van der Waals surface area contributed by atoms with Gasteiger partial charge in [-0.1, -0.05) is 11.6 Å². The molecule has 2 heterocycles. The van der Waals surface area contributed by atoms with Gasteiger partial charge in [-0.2, -0.15) is 0 Å². The van der Waals surface area contributed by atoms with Crippen molar-refractivity contribution in [1.82, 2.24) is 4.90 Å². The summed E-state index contributed by atoms with van der Waals surface area (Å²) in [6, 6.07) is 1.67. The van der Waals surface area contributed by atoms with Crippen molar-refractivity contribution in [3.8, 4) is 0 Å². The second-order valence-corrected chi connectivity index (χ2v) is 4.40. The van der Waals surface area contributed by atoms with Gasteiger partial charge in [-0.05, 0) is 45.7 Å². The Hall–Kier alpha value is -0.340. The Morgan fingerprint density at radius 1 is 1.38 bits per heavy atom. The summed E-state index contributed by atoms with van der Waals surface area (Å²) < 4.78 is 0. The minimum atomic E-state index is 0.800. The first kappa shape index (κ1) is 9.22. The summed E-state index contributed by atoms with van der Waals surface area (Å²) in [6.45, 7) is 0.800. The standard InChI is InChI=1S/C11H20N2/c1-13-10-4-5-11(13)8-9(7-10)3-2-6-12/h3,10-11H,2,4-8,12H2,1H3. The van der Waals surface area contributed by atoms with Crippen LogP contribution in [0.15, 0.2) is 11.6 Å². The summed E-state index contributed by atoms with van der Waals surface area (Å²) >= 11 is 0. The molecule has 74 valence electrons. The Morgan fingerprint density at radius 3 is 2.54 bits per heavy atom. The highest BCUT2D eigenvalue weighted by molar-refractivity contribution is 5.13. The lowest BCUT2D eigenvalue weighted by atomic mass is 9.96. The molecule has 2 rings (SSSR count). The van der Waals surface area contributed by atoms with Crippen molar-refractivity contribution in [1.29, 1.82) is 0 Å². The van der Waals surface area contributed by atoms with Gasteiger partial charge >= 0.3 is 0 Å². The molecule has 2 bridgehead atoms. The topological polar surface area (TPSA) is 29.3 Å². The number of hydrogen-bond donors (Lipinski definition) is 1. The molecule has 2 aliphatic rings. The van der Waals surface area contributed by atoms with Gasteiger partial charge in [0.2, 0.25) is 0 Å². The molecule has 2 fully saturated rings. The molecule has 2 N–H and O–H groups in total. The Morgan fingerprint density at radius 2 is 2.00 bits per heavy atom. The average Bonchev–Trinajstić information content (AvgIpc) is 2.41. The molecule has 0 aromatic carbocycles. The molecule has 2 unspecified atom stereocenters. The van der Waals surface area contributed by atoms with Crippen molar-refractivity contribution in [2.75, 3.05) is 13.6 Å². The van der Waals surface area contributed by atoms with Crippen LogP contribution in [0.25, 0.3) is 0 Å². The lowest BCUT2D eigenvalue weighted by molar-refractivity contribution is 0.209. The molecule has 2 nitrogen and oxygen atoms in total. The van der Waals surface area contributed by atoms with Crippen molar-refractivity contribution in [2.24, 2.45) is 5.73 Å². The first-order chi connectivity index (χ1) is 6.31. The second-order valence-electron chi connectivity index (χ2n) is 4.40. The molecule has 0 aromatic rings. The molecular formula is C11H20N2. The van der Waals surface area contributed by atoms with Gasteiger partial charge in [0.05, 0.1) is 0 Å². The number of hydrogen-bond acceptors (Lipinski definition) is 2. The van der Waals surface area contributed by atoms with Gasteiger partial charge < -0.3 is 5.73 Å². The van der Waals surface area contributed by atoms with E-state index in [1.807, 2.05) is 0 Å². The minimum Gasteiger partial charge on any atom is -0.330 e. The third-order valence-electron chi connectivity index (χ3n) is 3.58. The van der Waals surface area contributed by atoms with Crippen molar-refractivity contribution in [2.45, 2.75) is 44.2 Å². The number of rotatable bonds is 2. The van der Waals surface area contributed by atoms with Gasteiger partial charge in [-0.15, -0.1) is 0 Å². The molecule has 2 heteroatoms. The van der Waals surface area contributed by atoms with E-state index in [4.69, 9.17) is 5.73 Å². The molecule has 2 atom stereocenters. The van der Waals surface area contributed by atoms with E-state index in [-0.39, 0.29) is 0 Å². The Labute approximate surface area is 80.8 Å². The lowest BCUT2D eigenvalue weighted by Crippen LogP contribution is -2.36. The first-order valence-corrected chi connectivity index (χ1v) is 5.41. The Bertz CT molecular complexity index is 194. The number of fused-ring (bicyclic) bond motifs is 2. The lowest BCUT2D eigenvalue weighted by Gasteiger charge is -2.32. The summed E-state index contributed by atoms with van der Waals surface area (Å²) in [5.41, 5.74) is 7.17. The zero-order valence-corrected chi connectivity index (χ0v) is 8.50. The number of nitrogens with zero attached hydrogens (tertiary/aromatic N) is 1. The number of nitrogens with two attached hydrogens (primary N) is 1. The van der Waals surface area contributed by atoms with Crippen LogP contribution in [-0.4, -0.2) is 30.6 Å². The van der Waals surface area contributed by atoms with Crippen LogP contribution in [0.3, 0.4) is 0 Å². The molecule has 0 saturated carbocycles. The second kappa shape index (κ2) is 3.81. The van der Waals surface area contributed by atoms with E-state index in [0.29, 0.717) is 0 Å². The summed E-state index contributed by atoms with van der Waals surface area (Å²) in [6.07, 6.45) is 8.85. The van der Waals surface area contributed by atoms with Crippen LogP contribution in [0.4, 0.5) is 0 Å². The maximum Gasteiger partial charge on any atom is 0.0133 e. The van der Waals surface area contributed by atoms with E-state index < -0.39 is 0 Å².